The molecule has 4 heteroatoms. The van der Waals surface area contributed by atoms with Gasteiger partial charge in [-0.25, -0.2) is 0 Å². The summed E-state index contributed by atoms with van der Waals surface area (Å²) in [5.41, 5.74) is 10.6. The lowest BCUT2D eigenvalue weighted by Gasteiger charge is -2.19. The second kappa shape index (κ2) is 17.8. The van der Waals surface area contributed by atoms with Crippen LogP contribution in [0.4, 0.5) is 0 Å². The SMILES string of the molecule is CCCNC(BCCCCBC(NCCC)=C(c1ccccc1)c1ccccc1)=C(c1ccccc1)c1ccccc1. The third-order valence-electron chi connectivity index (χ3n) is 7.63. The lowest BCUT2D eigenvalue weighted by Crippen LogP contribution is -2.22. The van der Waals surface area contributed by atoms with Crippen molar-refractivity contribution in [3.05, 3.63) is 155 Å². The molecule has 0 aromatic heterocycles. The Kier molecular flexibility index (Phi) is 13.2. The van der Waals surface area contributed by atoms with Gasteiger partial charge in [0.1, 0.15) is 0 Å². The Bertz CT molecular complexity index is 1180. The Labute approximate surface area is 255 Å². The van der Waals surface area contributed by atoms with Crippen molar-refractivity contribution in [1.82, 2.24) is 10.6 Å². The highest BCUT2D eigenvalue weighted by molar-refractivity contribution is 6.48. The molecule has 2 N–H and O–H groups in total. The van der Waals surface area contributed by atoms with E-state index in [2.05, 4.69) is 146 Å². The number of rotatable bonds is 17. The predicted molar refractivity (Wildman–Crippen MR) is 188 cm³/mol. The van der Waals surface area contributed by atoms with Crippen LogP contribution in [0.3, 0.4) is 0 Å². The molecule has 42 heavy (non-hydrogen) atoms. The zero-order chi connectivity index (χ0) is 29.2. The first-order valence-electron chi connectivity index (χ1n) is 16.0. The molecule has 0 spiro atoms. The predicted octanol–water partition coefficient (Wildman–Crippen LogP) is 8.31. The molecule has 0 saturated heterocycles. The summed E-state index contributed by atoms with van der Waals surface area (Å²) in [7, 11) is 2.13. The summed E-state index contributed by atoms with van der Waals surface area (Å²) in [6.07, 6.45) is 7.04. The van der Waals surface area contributed by atoms with Crippen LogP contribution in [-0.2, 0) is 0 Å². The molecule has 0 aliphatic heterocycles. The van der Waals surface area contributed by atoms with Gasteiger partial charge in [0.2, 0.25) is 0 Å². The summed E-state index contributed by atoms with van der Waals surface area (Å²) in [4.78, 5) is 0. The van der Waals surface area contributed by atoms with E-state index >= 15 is 0 Å². The van der Waals surface area contributed by atoms with Crippen LogP contribution in [0.25, 0.3) is 11.1 Å². The van der Waals surface area contributed by atoms with Gasteiger partial charge in [-0.1, -0.05) is 161 Å². The van der Waals surface area contributed by atoms with Gasteiger partial charge in [0.25, 0.3) is 0 Å². The van der Waals surface area contributed by atoms with Gasteiger partial charge in [0.15, 0.2) is 14.6 Å². The molecule has 0 bridgehead atoms. The lowest BCUT2D eigenvalue weighted by molar-refractivity contribution is 0.790. The van der Waals surface area contributed by atoms with Crippen molar-refractivity contribution >= 4 is 25.7 Å². The Morgan fingerprint density at radius 1 is 0.452 bits per heavy atom. The molecule has 0 heterocycles. The minimum atomic E-state index is 0.998. The topological polar surface area (TPSA) is 24.1 Å². The molecular formula is C38H46B2N2. The number of hydrogen-bond donors (Lipinski definition) is 2. The van der Waals surface area contributed by atoms with E-state index < -0.39 is 0 Å². The highest BCUT2D eigenvalue weighted by Gasteiger charge is 2.14. The summed E-state index contributed by atoms with van der Waals surface area (Å²) in [5.74, 6) is 0. The maximum Gasteiger partial charge on any atom is 0.179 e. The summed E-state index contributed by atoms with van der Waals surface area (Å²) >= 11 is 0. The van der Waals surface area contributed by atoms with Crippen molar-refractivity contribution < 1.29 is 0 Å². The van der Waals surface area contributed by atoms with Crippen LogP contribution in [0.1, 0.15) is 61.8 Å². The first-order chi connectivity index (χ1) is 20.8. The third-order valence-corrected chi connectivity index (χ3v) is 7.63. The molecule has 214 valence electrons. The molecule has 0 amide bonds. The van der Waals surface area contributed by atoms with Crippen LogP contribution in [0.2, 0.25) is 12.6 Å². The number of hydrogen-bond acceptors (Lipinski definition) is 2. The average molecular weight is 552 g/mol. The molecule has 0 fully saturated rings. The molecule has 0 aliphatic rings. The second-order valence-corrected chi connectivity index (χ2v) is 10.9. The maximum atomic E-state index is 3.81. The van der Waals surface area contributed by atoms with Gasteiger partial charge in [-0.15, -0.1) is 0 Å². The molecule has 4 aromatic carbocycles. The van der Waals surface area contributed by atoms with Gasteiger partial charge in [-0.2, -0.15) is 0 Å². The van der Waals surface area contributed by atoms with E-state index in [1.54, 1.807) is 0 Å². The van der Waals surface area contributed by atoms with Crippen molar-refractivity contribution in [2.45, 2.75) is 52.2 Å². The number of benzene rings is 4. The van der Waals surface area contributed by atoms with E-state index in [4.69, 9.17) is 0 Å². The van der Waals surface area contributed by atoms with Crippen molar-refractivity contribution in [1.29, 1.82) is 0 Å². The average Bonchev–Trinajstić information content (AvgIpc) is 3.05. The first kappa shape index (κ1) is 31.0. The first-order valence-corrected chi connectivity index (χ1v) is 16.0. The smallest absolute Gasteiger partial charge is 0.179 e. The molecule has 2 nitrogen and oxygen atoms in total. The van der Waals surface area contributed by atoms with Gasteiger partial charge in [-0.05, 0) is 57.4 Å². The molecule has 0 aliphatic carbocycles. The molecule has 4 rings (SSSR count). The molecular weight excluding hydrogens is 506 g/mol. The van der Waals surface area contributed by atoms with Crippen LogP contribution in [0.15, 0.2) is 133 Å². The van der Waals surface area contributed by atoms with Gasteiger partial charge in [0, 0.05) is 13.1 Å². The van der Waals surface area contributed by atoms with Gasteiger partial charge >= 0.3 is 0 Å². The maximum absolute atomic E-state index is 3.81. The molecule has 0 saturated carbocycles. The van der Waals surface area contributed by atoms with Gasteiger partial charge in [0.05, 0.1) is 0 Å². The summed E-state index contributed by atoms with van der Waals surface area (Å²) in [6.45, 7) is 6.48. The van der Waals surface area contributed by atoms with Gasteiger partial charge < -0.3 is 10.6 Å². The third kappa shape index (κ3) is 9.31. The van der Waals surface area contributed by atoms with Crippen molar-refractivity contribution in [3.63, 3.8) is 0 Å². The Morgan fingerprint density at radius 3 is 1.00 bits per heavy atom. The zero-order valence-corrected chi connectivity index (χ0v) is 25.6. The van der Waals surface area contributed by atoms with E-state index in [0.717, 1.165) is 40.5 Å². The highest BCUT2D eigenvalue weighted by atomic mass is 14.9. The quantitative estimate of drug-likeness (QED) is 0.102. The molecule has 0 atom stereocenters. The van der Waals surface area contributed by atoms with Crippen LogP contribution in [0.5, 0.6) is 0 Å². The Hall–Kier alpha value is -3.91. The van der Waals surface area contributed by atoms with Crippen LogP contribution >= 0.6 is 0 Å². The van der Waals surface area contributed by atoms with Gasteiger partial charge in [-0.3, -0.25) is 0 Å². The molecule has 4 aromatic rings. The van der Waals surface area contributed by atoms with Crippen LogP contribution in [-0.4, -0.2) is 27.6 Å². The monoisotopic (exact) mass is 552 g/mol. The summed E-state index contributed by atoms with van der Waals surface area (Å²) in [6, 6.07) is 43.5. The minimum absolute atomic E-state index is 0.998. The normalized spacial score (nSPS) is 10.4. The molecule has 0 radical (unpaired) electrons. The zero-order valence-electron chi connectivity index (χ0n) is 25.6. The van der Waals surface area contributed by atoms with Crippen molar-refractivity contribution in [3.8, 4) is 0 Å². The fourth-order valence-corrected chi connectivity index (χ4v) is 5.56. The largest absolute Gasteiger partial charge is 0.396 e. The van der Waals surface area contributed by atoms with Crippen molar-refractivity contribution in [2.24, 2.45) is 0 Å². The summed E-state index contributed by atoms with van der Waals surface area (Å²) < 4.78 is 0. The van der Waals surface area contributed by atoms with E-state index in [1.807, 2.05) is 0 Å². The van der Waals surface area contributed by atoms with Crippen molar-refractivity contribution in [2.75, 3.05) is 13.1 Å². The highest BCUT2D eigenvalue weighted by Crippen LogP contribution is 2.28. The van der Waals surface area contributed by atoms with E-state index in [0.29, 0.717) is 0 Å². The number of unbranched alkanes of at least 4 members (excludes halogenated alkanes) is 1. The molecule has 0 unspecified atom stereocenters. The van der Waals surface area contributed by atoms with E-state index in [-0.39, 0.29) is 0 Å². The lowest BCUT2D eigenvalue weighted by atomic mass is 9.63. The standard InChI is InChI=1S/C38H46B2N2/c1-3-29-41-37(35(31-19-9-5-10-20-31)32-21-11-6-12-22-32)39-27-17-18-28-40-38(42-30-4-2)36(33-23-13-7-14-24-33)34-25-15-8-16-26-34/h5-16,19-26,39-42H,3-4,17-18,27-30H2,1-2H3. The summed E-state index contributed by atoms with van der Waals surface area (Å²) in [5, 5.41) is 7.62. The van der Waals surface area contributed by atoms with Crippen LogP contribution < -0.4 is 10.6 Å². The Balaban J connectivity index is 1.47. The fraction of sp³-hybridized carbons (Fsp3) is 0.263. The Morgan fingerprint density at radius 2 is 0.738 bits per heavy atom. The minimum Gasteiger partial charge on any atom is -0.396 e. The van der Waals surface area contributed by atoms with E-state index in [1.165, 1.54) is 70.1 Å². The number of nitrogens with one attached hydrogen (secondary N) is 2. The fourth-order valence-electron chi connectivity index (χ4n) is 5.56. The second-order valence-electron chi connectivity index (χ2n) is 10.9. The van der Waals surface area contributed by atoms with E-state index in [9.17, 15) is 0 Å². The van der Waals surface area contributed by atoms with Crippen LogP contribution in [0, 0.1) is 0 Å².